The molecule has 0 aliphatic heterocycles. The number of benzene rings is 5. The second-order valence-corrected chi connectivity index (χ2v) is 33.1. The number of anilines is 2. The normalized spacial score (nSPS) is 10.3. The summed E-state index contributed by atoms with van der Waals surface area (Å²) in [6.07, 6.45) is 11.7. The average Bonchev–Trinajstić information content (AvgIpc) is 0.827. The lowest BCUT2D eigenvalue weighted by Crippen LogP contribution is -2.41. The molecule has 1 fully saturated rings. The van der Waals surface area contributed by atoms with Crippen LogP contribution < -0.4 is 63.8 Å². The molecule has 1 aromatic heterocycles. The van der Waals surface area contributed by atoms with Gasteiger partial charge in [0.05, 0.1) is 26.4 Å². The van der Waals surface area contributed by atoms with Crippen molar-refractivity contribution in [2.24, 2.45) is 0 Å². The predicted molar refractivity (Wildman–Crippen MR) is 563 cm³/mol. The van der Waals surface area contributed by atoms with E-state index in [2.05, 4.69) is 74.8 Å². The van der Waals surface area contributed by atoms with E-state index in [1.54, 1.807) is 49.7 Å². The van der Waals surface area contributed by atoms with Crippen molar-refractivity contribution in [2.75, 3.05) is 43.9 Å². The molecule has 1 aliphatic carbocycles. The van der Waals surface area contributed by atoms with Gasteiger partial charge in [0, 0.05) is 197 Å². The monoisotopic (exact) mass is 2090 g/mol. The fourth-order valence-corrected chi connectivity index (χ4v) is 9.79. The Morgan fingerprint density at radius 1 is 0.432 bits per heavy atom. The van der Waals surface area contributed by atoms with Crippen molar-refractivity contribution < 1.29 is 151 Å². The van der Waals surface area contributed by atoms with E-state index in [4.69, 9.17) is 50.0 Å². The smallest absolute Gasteiger partial charge is 0.326 e. The van der Waals surface area contributed by atoms with Gasteiger partial charge in [-0.15, -0.1) is 6.58 Å². The fourth-order valence-electron chi connectivity index (χ4n) is 9.79. The Morgan fingerprint density at radius 2 is 0.845 bits per heavy atom. The predicted octanol–water partition coefficient (Wildman–Crippen LogP) is 11.0. The number of ether oxygens (including phenoxy) is 3. The summed E-state index contributed by atoms with van der Waals surface area (Å²) in [5, 5.41) is 91.1. The summed E-state index contributed by atoms with van der Waals surface area (Å²) in [6, 6.07) is 41.4. The van der Waals surface area contributed by atoms with Gasteiger partial charge in [0.1, 0.15) is 30.0 Å². The molecule has 0 radical (unpaired) electrons. The van der Waals surface area contributed by atoms with Gasteiger partial charge >= 0.3 is 47.8 Å². The maximum atomic E-state index is 10.9. The van der Waals surface area contributed by atoms with Gasteiger partial charge in [-0.3, -0.25) is 96.1 Å². The Bertz CT molecular complexity index is 4690. The number of esters is 3. The number of nitrogens with zero attached hydrogens (tertiary/aromatic N) is 1. The fraction of sp³-hybridized carbons (Fsp3) is 0.462. The first-order chi connectivity index (χ1) is 68.6. The van der Waals surface area contributed by atoms with E-state index in [1.165, 1.54) is 141 Å². The Hall–Kier alpha value is -16.1. The summed E-state index contributed by atoms with van der Waals surface area (Å²) in [5.41, 5.74) is 4.12. The number of amides is 12. The molecule has 44 heteroatoms. The molecule has 0 spiro atoms. The number of nitrogens with one attached hydrogen (secondary N) is 12. The summed E-state index contributed by atoms with van der Waals surface area (Å²) in [5.74, 6) is -8.14. The van der Waals surface area contributed by atoms with Crippen molar-refractivity contribution in [3.05, 3.63) is 181 Å². The van der Waals surface area contributed by atoms with E-state index in [0.717, 1.165) is 65.7 Å². The SMILES string of the molecule is C=CCNC(C)=O.CC(=O)NC(C)(C)C.CC(=O)NC(C)C.CC(=O)NC1CCCCC1.CC(=O)NCCC(=O)O.CC(=O)NCCC(=O)O.CC(=O)NCc1ccccc1.CC(=O)N[C@@H](CC(=O)O)C(=O)O.CC(=O)N[C@@H](Cc1ccc(O)cc1)C(=O)O.CC(=O)Nc1cccc2ccccc12.CC(=O)Nc1ccncc1.CC(=O)O.CC(=O)OC(C)(C)C.CC(=O)OCc1ccccc1.CCCNC(C)=O.COC(C)=O. The number of aromatic hydroxyl groups is 1. The summed E-state index contributed by atoms with van der Waals surface area (Å²) in [4.78, 5) is 218. The number of aromatic nitrogens is 1. The molecular weight excluding hydrogens is 1930 g/mol. The van der Waals surface area contributed by atoms with E-state index >= 15 is 0 Å². The molecule has 12 amide bonds. The number of fused-ring (bicyclic) bond motifs is 1. The van der Waals surface area contributed by atoms with Gasteiger partial charge in [0.15, 0.2) is 0 Å². The summed E-state index contributed by atoms with van der Waals surface area (Å²) < 4.78 is 13.7. The largest absolute Gasteiger partial charge is 0.508 e. The number of aliphatic carboxylic acids is 6. The number of carboxylic acid groups (broad SMARTS) is 6. The molecule has 6 aromatic rings. The molecule has 7 rings (SSSR count). The zero-order valence-corrected chi connectivity index (χ0v) is 90.2. The van der Waals surface area contributed by atoms with Gasteiger partial charge < -0.3 is 114 Å². The number of phenols is 1. The zero-order chi connectivity index (χ0) is 116. The molecule has 148 heavy (non-hydrogen) atoms. The third-order valence-corrected chi connectivity index (χ3v) is 15.2. The molecular formula is C104H161N13O31. The minimum atomic E-state index is -1.35. The first-order valence-corrected chi connectivity index (χ1v) is 46.3. The van der Waals surface area contributed by atoms with Crippen LogP contribution in [0.3, 0.4) is 0 Å². The third-order valence-electron chi connectivity index (χ3n) is 15.2. The van der Waals surface area contributed by atoms with Gasteiger partial charge in [-0.1, -0.05) is 141 Å². The topological polar surface area (TPSA) is 685 Å². The first-order valence-electron chi connectivity index (χ1n) is 46.3. The number of carboxylic acids is 6. The Morgan fingerprint density at radius 3 is 1.16 bits per heavy atom. The summed E-state index contributed by atoms with van der Waals surface area (Å²) in [7, 11) is 1.35. The van der Waals surface area contributed by atoms with Gasteiger partial charge in [0.25, 0.3) is 5.97 Å². The summed E-state index contributed by atoms with van der Waals surface area (Å²) >= 11 is 0. The minimum Gasteiger partial charge on any atom is -0.508 e. The van der Waals surface area contributed by atoms with Crippen LogP contribution in [0.15, 0.2) is 165 Å². The molecule has 1 heterocycles. The lowest BCUT2D eigenvalue weighted by molar-refractivity contribution is -0.152. The van der Waals surface area contributed by atoms with Crippen molar-refractivity contribution in [3.63, 3.8) is 0 Å². The van der Waals surface area contributed by atoms with E-state index in [0.29, 0.717) is 25.7 Å². The number of carbonyl (C=O) groups is 21. The highest BCUT2D eigenvalue weighted by Gasteiger charge is 2.22. The molecule has 0 saturated heterocycles. The van der Waals surface area contributed by atoms with Crippen LogP contribution >= 0.6 is 0 Å². The van der Waals surface area contributed by atoms with Crippen LogP contribution in [0.4, 0.5) is 11.4 Å². The van der Waals surface area contributed by atoms with Crippen LogP contribution in [0.5, 0.6) is 5.75 Å². The van der Waals surface area contributed by atoms with Crippen molar-refractivity contribution >= 4 is 147 Å². The molecule has 5 aromatic carbocycles. The van der Waals surface area contributed by atoms with E-state index in [-0.39, 0.29) is 138 Å². The zero-order valence-electron chi connectivity index (χ0n) is 90.2. The number of rotatable bonds is 26. The van der Waals surface area contributed by atoms with Gasteiger partial charge in [-0.25, -0.2) is 9.59 Å². The first kappa shape index (κ1) is 150. The number of pyridine rings is 1. The van der Waals surface area contributed by atoms with E-state index < -0.39 is 60.2 Å². The van der Waals surface area contributed by atoms with Crippen molar-refractivity contribution in [2.45, 2.75) is 286 Å². The van der Waals surface area contributed by atoms with E-state index in [1.807, 2.05) is 171 Å². The number of carbonyl (C=O) groups excluding carboxylic acids is 15. The molecule has 2 atom stereocenters. The van der Waals surface area contributed by atoms with Crippen molar-refractivity contribution in [3.8, 4) is 5.75 Å². The molecule has 44 nitrogen and oxygen atoms in total. The number of phenolic OH excluding ortho intramolecular Hbond substituents is 1. The van der Waals surface area contributed by atoms with Gasteiger partial charge in [-0.05, 0) is 127 Å². The van der Waals surface area contributed by atoms with Gasteiger partial charge in [0.2, 0.25) is 70.9 Å². The number of methoxy groups -OCH3 is 1. The third kappa shape index (κ3) is 130. The van der Waals surface area contributed by atoms with Crippen molar-refractivity contribution in [1.29, 1.82) is 0 Å². The Balaban J connectivity index is -0.000000201. The van der Waals surface area contributed by atoms with Crippen LogP contribution in [0.25, 0.3) is 10.8 Å². The van der Waals surface area contributed by atoms with Crippen LogP contribution in [-0.4, -0.2) is 234 Å². The van der Waals surface area contributed by atoms with Crippen LogP contribution in [-0.2, 0) is 134 Å². The Labute approximate surface area is 868 Å². The molecule has 828 valence electrons. The number of hydrogen-bond donors (Lipinski definition) is 19. The lowest BCUT2D eigenvalue weighted by Gasteiger charge is -2.21. The maximum absolute atomic E-state index is 10.9. The molecule has 1 saturated carbocycles. The van der Waals surface area contributed by atoms with Crippen molar-refractivity contribution in [1.82, 2.24) is 58.2 Å². The van der Waals surface area contributed by atoms with Crippen LogP contribution in [0.1, 0.15) is 248 Å². The second-order valence-electron chi connectivity index (χ2n) is 33.1. The molecule has 0 unspecified atom stereocenters. The quantitative estimate of drug-likeness (QED) is 0.0136. The Kier molecular flexibility index (Phi) is 95.6. The van der Waals surface area contributed by atoms with E-state index in [9.17, 15) is 95.9 Å². The summed E-state index contributed by atoms with van der Waals surface area (Å²) in [6.45, 7) is 46.0. The number of hydrogen-bond acceptors (Lipinski definition) is 26. The van der Waals surface area contributed by atoms with Crippen LogP contribution in [0.2, 0.25) is 0 Å². The highest BCUT2D eigenvalue weighted by atomic mass is 16.6. The highest BCUT2D eigenvalue weighted by Crippen LogP contribution is 2.23. The highest BCUT2D eigenvalue weighted by molar-refractivity contribution is 6.01. The lowest BCUT2D eigenvalue weighted by atomic mass is 9.95. The maximum Gasteiger partial charge on any atom is 0.326 e. The average molecular weight is 2090 g/mol. The standard InChI is InChI=1S/C12H11NO.C11H13NO4.C9H11NO.C9H10O2.C8H15NO.C7H8N2O.C6H9NO5.C6H13NO.C6H12O2.2C5H9NO3.2C5H11NO.C5H9NO.C3H6O2.C2H4O2/c1-9(14)13-12-8-4-6-10-5-2-3-7-11(10)12;1-7(13)12-10(11(15)16)6-8-2-4-9(14)5-3-8;1-8(11)10-7-9-5-3-2-4-6-9;1-8(10)11-7-9-5-3-2-4-6-9;1-7(10)9-8-5-3-2-4-6-8;1-6(10)9-7-2-4-8-5-3-7;1-3(8)7-4(6(11)12)2-5(9)10;1-5(8)7-6(2,3)4;1-5(7)8-6(2,3)4;2*1-4(7)6-3-2-5(8)9;1-4(2)6-5(3)7;2*1-3-4-6-5(2)7;1-3(4)5-2;1-2(3)4/h2-8H,1H3,(H,13,14);2-5,10,14H,6H2,1H3,(H,12,13)(H,15,16);2-6H,7H2,1H3,(H,10,11);2-6H,7H2,1H3;8H,2-6H2,1H3,(H,9,10);2-5H,1H3,(H,8,9,10);4H,2H2,1H3,(H,7,8)(H,9,10)(H,11,12);1-4H3,(H,7,8);1-4H3;2*2-3H2,1H3,(H,6,7)(H,8,9);4H,1-3H3,(H,6,7);3-4H2,1-2H3,(H,6,7);3H,1,4H2,2H3,(H,6,7);1-2H3;1H3,(H,3,4)/t;10-;;;;;4-;;;;;;;;;/m.0....0........./s1. The molecule has 19 N–H and O–H groups in total. The van der Waals surface area contributed by atoms with Gasteiger partial charge in [-0.2, -0.15) is 0 Å². The second kappa shape index (κ2) is 94.5. The minimum absolute atomic E-state index is 0.00820. The molecule has 0 bridgehead atoms. The van der Waals surface area contributed by atoms with Crippen LogP contribution in [0, 0.1) is 0 Å². The molecule has 1 aliphatic rings.